The number of imide groups is 1. The number of aromatic nitrogens is 2. The van der Waals surface area contributed by atoms with Crippen LogP contribution in [0.15, 0.2) is 36.2 Å². The van der Waals surface area contributed by atoms with Crippen LogP contribution in [0.25, 0.3) is 10.8 Å². The molecule has 1 unspecified atom stereocenters. The lowest BCUT2D eigenvalue weighted by molar-refractivity contribution is -0.124. The van der Waals surface area contributed by atoms with Crippen molar-refractivity contribution in [1.82, 2.24) is 25.5 Å². The number of amides is 3. The number of hydrogen-bond donors (Lipinski definition) is 3. The number of carbonyl (C=O) groups excluding carboxylic acids is 2. The number of fused-ring (bicyclic) bond motifs is 3. The van der Waals surface area contributed by atoms with Crippen LogP contribution in [0, 0.1) is 5.82 Å². The molecule has 0 saturated carbocycles. The Morgan fingerprint density at radius 1 is 1.08 bits per heavy atom. The summed E-state index contributed by atoms with van der Waals surface area (Å²) in [5.74, 6) is 0.143. The SMILES string of the molecule is CCc1c(F)ccc2cc(O)cc(N3CCc4c(nc(OCC56CCCN5C/C(=C\F)C6)nc4N4CCC[C@]5(C4)NC(=O)NC5=O)C3)c12. The Kier molecular flexibility index (Phi) is 7.42. The molecule has 6 heterocycles. The second-order valence-corrected chi connectivity index (χ2v) is 13.9. The van der Waals surface area contributed by atoms with Gasteiger partial charge in [-0.3, -0.25) is 15.0 Å². The second kappa shape index (κ2) is 11.6. The number of anilines is 2. The second-order valence-electron chi connectivity index (χ2n) is 13.9. The minimum absolute atomic E-state index is 0.0958. The number of rotatable bonds is 6. The summed E-state index contributed by atoms with van der Waals surface area (Å²) in [5, 5.41) is 17.5. The molecule has 2 aromatic carbocycles. The van der Waals surface area contributed by atoms with Crippen LogP contribution in [0.1, 0.15) is 55.8 Å². The molecule has 4 fully saturated rings. The highest BCUT2D eigenvalue weighted by Gasteiger charge is 2.50. The molecule has 5 aliphatic heterocycles. The quantitative estimate of drug-likeness (QED) is 0.334. The van der Waals surface area contributed by atoms with E-state index in [4.69, 9.17) is 14.7 Å². The molecule has 1 aromatic heterocycles. The third kappa shape index (κ3) is 5.01. The number of aryl methyl sites for hydroxylation is 1. The lowest BCUT2D eigenvalue weighted by Crippen LogP contribution is -2.59. The maximum atomic E-state index is 15.0. The third-order valence-corrected chi connectivity index (χ3v) is 11.0. The van der Waals surface area contributed by atoms with Gasteiger partial charge in [0.25, 0.3) is 5.91 Å². The van der Waals surface area contributed by atoms with E-state index < -0.39 is 11.6 Å². The van der Waals surface area contributed by atoms with Crippen molar-refractivity contribution in [2.24, 2.45) is 0 Å². The first kappa shape index (κ1) is 30.8. The Balaban J connectivity index is 1.17. The zero-order chi connectivity index (χ0) is 33.2. The number of nitrogens with one attached hydrogen (secondary N) is 2. The molecule has 1 spiro atoms. The molecule has 8 rings (SSSR count). The van der Waals surface area contributed by atoms with Gasteiger partial charge >= 0.3 is 12.0 Å². The van der Waals surface area contributed by atoms with E-state index in [0.717, 1.165) is 52.7 Å². The predicted molar refractivity (Wildman–Crippen MR) is 175 cm³/mol. The van der Waals surface area contributed by atoms with Crippen LogP contribution in [0.5, 0.6) is 11.8 Å². The Morgan fingerprint density at radius 2 is 1.94 bits per heavy atom. The number of nitrogens with zero attached hydrogens (tertiary/aromatic N) is 5. The number of piperidine rings is 1. The smallest absolute Gasteiger partial charge is 0.322 e. The first-order chi connectivity index (χ1) is 23.2. The predicted octanol–water partition coefficient (Wildman–Crippen LogP) is 4.25. The maximum Gasteiger partial charge on any atom is 0.322 e. The van der Waals surface area contributed by atoms with Gasteiger partial charge in [0.2, 0.25) is 0 Å². The van der Waals surface area contributed by atoms with Gasteiger partial charge in [0.05, 0.1) is 30.7 Å². The summed E-state index contributed by atoms with van der Waals surface area (Å²) in [6.07, 6.45) is 5.46. The van der Waals surface area contributed by atoms with Gasteiger partial charge in [-0.1, -0.05) is 13.0 Å². The van der Waals surface area contributed by atoms with Crippen LogP contribution in [0.4, 0.5) is 25.1 Å². The summed E-state index contributed by atoms with van der Waals surface area (Å²) in [4.78, 5) is 41.4. The van der Waals surface area contributed by atoms with Crippen molar-refractivity contribution in [1.29, 1.82) is 0 Å². The Bertz CT molecular complexity index is 1870. The Hall–Kier alpha value is -4.52. The minimum atomic E-state index is -1.04. The molecule has 11 nitrogen and oxygen atoms in total. The highest BCUT2D eigenvalue weighted by atomic mass is 19.1. The molecule has 2 atom stereocenters. The topological polar surface area (TPSA) is 123 Å². The Morgan fingerprint density at radius 3 is 2.73 bits per heavy atom. The van der Waals surface area contributed by atoms with Gasteiger partial charge in [0.15, 0.2) is 0 Å². The van der Waals surface area contributed by atoms with Crippen molar-refractivity contribution in [3.05, 3.63) is 58.8 Å². The van der Waals surface area contributed by atoms with E-state index in [1.165, 1.54) is 6.07 Å². The van der Waals surface area contributed by atoms with Gasteiger partial charge in [0.1, 0.15) is 29.5 Å². The van der Waals surface area contributed by atoms with E-state index in [2.05, 4.69) is 20.4 Å². The highest BCUT2D eigenvalue weighted by molar-refractivity contribution is 6.07. The summed E-state index contributed by atoms with van der Waals surface area (Å²) in [6.45, 7) is 5.52. The van der Waals surface area contributed by atoms with Gasteiger partial charge in [-0.15, -0.1) is 0 Å². The highest BCUT2D eigenvalue weighted by Crippen LogP contribution is 2.43. The van der Waals surface area contributed by atoms with E-state index in [1.54, 1.807) is 18.2 Å². The fourth-order valence-corrected chi connectivity index (χ4v) is 8.70. The van der Waals surface area contributed by atoms with Crippen molar-refractivity contribution >= 4 is 34.2 Å². The molecule has 3 amide bonds. The Labute approximate surface area is 276 Å². The molecule has 5 aliphatic rings. The van der Waals surface area contributed by atoms with Crippen LogP contribution in [0.2, 0.25) is 0 Å². The average molecular weight is 660 g/mol. The standard InChI is InChI=1S/C35H39F2N7O4/c1-2-24-26(37)6-5-22-13-23(45)14-28(29(22)24)42-12-7-25-27(18-42)38-33(48-20-34-8-3-11-44(34)17-21(15-34)16-36)39-30(25)43-10-4-9-35(19-43)31(46)40-32(47)41-35/h5-6,13-14,16,45H,2-4,7-12,15,17-20H2,1H3,(H2,40,41,46,47)/b21-16-/t34?,35-/m1/s1. The van der Waals surface area contributed by atoms with Crippen LogP contribution in [-0.2, 0) is 24.2 Å². The number of phenols is 1. The van der Waals surface area contributed by atoms with Crippen molar-refractivity contribution in [2.45, 2.75) is 69.5 Å². The van der Waals surface area contributed by atoms with Crippen molar-refractivity contribution in [2.75, 3.05) is 49.1 Å². The normalized spacial score (nSPS) is 26.4. The van der Waals surface area contributed by atoms with Gasteiger partial charge in [-0.25, -0.2) is 13.6 Å². The number of hydrogen-bond acceptors (Lipinski definition) is 9. The van der Waals surface area contributed by atoms with E-state index >= 15 is 4.39 Å². The van der Waals surface area contributed by atoms with Gasteiger partial charge in [-0.2, -0.15) is 9.97 Å². The number of halogens is 2. The number of aromatic hydroxyl groups is 1. The zero-order valence-electron chi connectivity index (χ0n) is 27.0. The lowest BCUT2D eigenvalue weighted by atomic mass is 9.88. The monoisotopic (exact) mass is 659 g/mol. The van der Waals surface area contributed by atoms with Crippen LogP contribution < -0.4 is 25.2 Å². The number of ether oxygens (including phenoxy) is 1. The molecule has 0 bridgehead atoms. The largest absolute Gasteiger partial charge is 0.508 e. The lowest BCUT2D eigenvalue weighted by Gasteiger charge is -2.40. The summed E-state index contributed by atoms with van der Waals surface area (Å²) in [6, 6.07) is 6.18. The molecule has 0 aliphatic carbocycles. The van der Waals surface area contributed by atoms with Crippen molar-refractivity contribution < 1.29 is 28.2 Å². The van der Waals surface area contributed by atoms with Crippen molar-refractivity contribution in [3.8, 4) is 11.8 Å². The first-order valence-electron chi connectivity index (χ1n) is 16.8. The average Bonchev–Trinajstić information content (AvgIpc) is 3.72. The number of urea groups is 1. The van der Waals surface area contributed by atoms with Crippen LogP contribution in [0.3, 0.4) is 0 Å². The summed E-state index contributed by atoms with van der Waals surface area (Å²) in [5.41, 5.74) is 2.39. The molecule has 3 N–H and O–H groups in total. The molecule has 4 saturated heterocycles. The fraction of sp³-hybridized carbons (Fsp3) is 0.486. The molecule has 13 heteroatoms. The molecule has 252 valence electrons. The van der Waals surface area contributed by atoms with E-state index in [9.17, 15) is 19.1 Å². The van der Waals surface area contributed by atoms with E-state index in [0.29, 0.717) is 82.6 Å². The summed E-state index contributed by atoms with van der Waals surface area (Å²) in [7, 11) is 0. The molecule has 48 heavy (non-hydrogen) atoms. The van der Waals surface area contributed by atoms with Gasteiger partial charge in [-0.05, 0) is 80.1 Å². The minimum Gasteiger partial charge on any atom is -0.508 e. The third-order valence-electron chi connectivity index (χ3n) is 11.0. The molecular formula is C35H39F2N7O4. The molecule has 3 aromatic rings. The van der Waals surface area contributed by atoms with Gasteiger partial charge < -0.3 is 25.0 Å². The number of phenolic OH excluding ortho intramolecular Hbond substituents is 1. The van der Waals surface area contributed by atoms with Crippen molar-refractivity contribution in [3.63, 3.8) is 0 Å². The van der Waals surface area contributed by atoms with Gasteiger partial charge in [0, 0.05) is 42.3 Å². The molecule has 0 radical (unpaired) electrons. The number of benzene rings is 2. The zero-order valence-corrected chi connectivity index (χ0v) is 27.0. The van der Waals surface area contributed by atoms with Crippen LogP contribution in [-0.4, -0.2) is 82.3 Å². The van der Waals surface area contributed by atoms with E-state index in [-0.39, 0.29) is 35.6 Å². The number of carbonyl (C=O) groups is 2. The summed E-state index contributed by atoms with van der Waals surface area (Å²) >= 11 is 0. The fourth-order valence-electron chi connectivity index (χ4n) is 8.70. The first-order valence-corrected chi connectivity index (χ1v) is 16.8. The molecular weight excluding hydrogens is 620 g/mol. The van der Waals surface area contributed by atoms with E-state index in [1.807, 2.05) is 11.8 Å². The maximum absolute atomic E-state index is 15.0. The summed E-state index contributed by atoms with van der Waals surface area (Å²) < 4.78 is 35.0. The van der Waals surface area contributed by atoms with Crippen LogP contribution >= 0.6 is 0 Å².